The zero-order valence-corrected chi connectivity index (χ0v) is 15.9. The van der Waals surface area contributed by atoms with Crippen LogP contribution in [0.2, 0.25) is 0 Å². The van der Waals surface area contributed by atoms with E-state index in [1.807, 2.05) is 46.1 Å². The first kappa shape index (κ1) is 17.5. The summed E-state index contributed by atoms with van der Waals surface area (Å²) in [6.45, 7) is 6.38. The van der Waals surface area contributed by atoms with Gasteiger partial charge in [0.1, 0.15) is 0 Å². The third-order valence-electron chi connectivity index (χ3n) is 5.41. The van der Waals surface area contributed by atoms with Gasteiger partial charge in [0.05, 0.1) is 12.2 Å². The SMILES string of the molecule is CCC(C)c1n[nH]c2c1CN(C(=O)c1cccc(Cn3cccn3)c1)CC2. The quantitative estimate of drug-likeness (QED) is 0.756. The van der Waals surface area contributed by atoms with Gasteiger partial charge < -0.3 is 4.90 Å². The molecule has 3 aromatic rings. The van der Waals surface area contributed by atoms with Crippen LogP contribution >= 0.6 is 0 Å². The molecule has 2 aromatic heterocycles. The number of aromatic amines is 1. The molecule has 0 saturated heterocycles. The molecular formula is C21H25N5O. The summed E-state index contributed by atoms with van der Waals surface area (Å²) < 4.78 is 1.86. The lowest BCUT2D eigenvalue weighted by molar-refractivity contribution is 0.0733. The summed E-state index contributed by atoms with van der Waals surface area (Å²) in [6.07, 6.45) is 5.56. The smallest absolute Gasteiger partial charge is 0.254 e. The Morgan fingerprint density at radius 2 is 2.22 bits per heavy atom. The fourth-order valence-corrected chi connectivity index (χ4v) is 3.66. The van der Waals surface area contributed by atoms with Crippen molar-refractivity contribution >= 4 is 5.91 Å². The number of benzene rings is 1. The predicted molar refractivity (Wildman–Crippen MR) is 104 cm³/mol. The van der Waals surface area contributed by atoms with E-state index in [1.54, 1.807) is 6.20 Å². The lowest BCUT2D eigenvalue weighted by atomic mass is 9.96. The van der Waals surface area contributed by atoms with Crippen LogP contribution in [0.15, 0.2) is 42.7 Å². The Labute approximate surface area is 159 Å². The maximum Gasteiger partial charge on any atom is 0.254 e. The van der Waals surface area contributed by atoms with Gasteiger partial charge in [0.2, 0.25) is 0 Å². The molecule has 4 rings (SSSR count). The molecule has 0 saturated carbocycles. The average molecular weight is 363 g/mol. The van der Waals surface area contributed by atoms with Crippen LogP contribution in [-0.2, 0) is 19.5 Å². The van der Waals surface area contributed by atoms with Crippen LogP contribution in [-0.4, -0.2) is 37.3 Å². The summed E-state index contributed by atoms with van der Waals surface area (Å²) in [7, 11) is 0. The molecule has 1 aliphatic heterocycles. The van der Waals surface area contributed by atoms with Crippen LogP contribution in [0.5, 0.6) is 0 Å². The Morgan fingerprint density at radius 3 is 3.00 bits per heavy atom. The third kappa shape index (κ3) is 3.52. The first-order valence-electron chi connectivity index (χ1n) is 9.57. The van der Waals surface area contributed by atoms with E-state index in [9.17, 15) is 4.79 Å². The first-order valence-corrected chi connectivity index (χ1v) is 9.57. The van der Waals surface area contributed by atoms with Gasteiger partial charge in [0.15, 0.2) is 0 Å². The van der Waals surface area contributed by atoms with E-state index in [1.165, 1.54) is 11.3 Å². The van der Waals surface area contributed by atoms with Gasteiger partial charge in [-0.05, 0) is 30.2 Å². The highest BCUT2D eigenvalue weighted by Crippen LogP contribution is 2.28. The topological polar surface area (TPSA) is 66.8 Å². The highest BCUT2D eigenvalue weighted by atomic mass is 16.2. The minimum absolute atomic E-state index is 0.0827. The molecule has 0 radical (unpaired) electrons. The summed E-state index contributed by atoms with van der Waals surface area (Å²) in [5, 5.41) is 11.9. The number of fused-ring (bicyclic) bond motifs is 1. The van der Waals surface area contributed by atoms with Gasteiger partial charge in [-0.25, -0.2) is 0 Å². The molecule has 1 amide bonds. The average Bonchev–Trinajstić information content (AvgIpc) is 3.36. The first-order chi connectivity index (χ1) is 13.2. The molecule has 140 valence electrons. The molecule has 1 N–H and O–H groups in total. The Kier molecular flexibility index (Phi) is 4.79. The molecule has 0 bridgehead atoms. The normalized spacial score (nSPS) is 14.8. The van der Waals surface area contributed by atoms with Crippen LogP contribution in [0.25, 0.3) is 0 Å². The minimum atomic E-state index is 0.0827. The highest BCUT2D eigenvalue weighted by molar-refractivity contribution is 5.94. The van der Waals surface area contributed by atoms with E-state index in [-0.39, 0.29) is 5.91 Å². The van der Waals surface area contributed by atoms with E-state index in [0.29, 0.717) is 19.0 Å². The largest absolute Gasteiger partial charge is 0.334 e. The lowest BCUT2D eigenvalue weighted by Gasteiger charge is -2.28. The number of rotatable bonds is 5. The molecule has 1 aliphatic rings. The molecule has 6 heteroatoms. The number of nitrogens with zero attached hydrogens (tertiary/aromatic N) is 4. The molecule has 1 aromatic carbocycles. The van der Waals surface area contributed by atoms with Crippen molar-refractivity contribution in [2.45, 2.75) is 45.7 Å². The standard InChI is InChI=1S/C21H25N5O/c1-3-15(2)20-18-14-25(11-8-19(18)23-24-20)21(27)17-7-4-6-16(12-17)13-26-10-5-9-22-26/h4-7,9-10,12,15H,3,8,11,13-14H2,1-2H3,(H,23,24). The third-order valence-corrected chi connectivity index (χ3v) is 5.41. The maximum absolute atomic E-state index is 13.1. The second-order valence-electron chi connectivity index (χ2n) is 7.26. The zero-order chi connectivity index (χ0) is 18.8. The number of H-pyrrole nitrogens is 1. The second-order valence-corrected chi connectivity index (χ2v) is 7.26. The Morgan fingerprint density at radius 1 is 1.33 bits per heavy atom. The number of carbonyl (C=O) groups is 1. The van der Waals surface area contributed by atoms with Crippen molar-refractivity contribution in [1.29, 1.82) is 0 Å². The van der Waals surface area contributed by atoms with E-state index in [4.69, 9.17) is 0 Å². The van der Waals surface area contributed by atoms with E-state index in [0.717, 1.165) is 36.2 Å². The molecular weight excluding hydrogens is 338 g/mol. The molecule has 1 unspecified atom stereocenters. The van der Waals surface area contributed by atoms with E-state index >= 15 is 0 Å². The second kappa shape index (κ2) is 7.39. The van der Waals surface area contributed by atoms with Crippen molar-refractivity contribution in [3.8, 4) is 0 Å². The number of amides is 1. The van der Waals surface area contributed by atoms with Crippen molar-refractivity contribution in [2.75, 3.05) is 6.54 Å². The van der Waals surface area contributed by atoms with Crippen molar-refractivity contribution in [1.82, 2.24) is 24.9 Å². The van der Waals surface area contributed by atoms with Gasteiger partial charge in [-0.15, -0.1) is 0 Å². The molecule has 0 fully saturated rings. The summed E-state index contributed by atoms with van der Waals surface area (Å²) in [5.74, 6) is 0.483. The van der Waals surface area contributed by atoms with Gasteiger partial charge in [-0.2, -0.15) is 10.2 Å². The summed E-state index contributed by atoms with van der Waals surface area (Å²) >= 11 is 0. The van der Waals surface area contributed by atoms with E-state index < -0.39 is 0 Å². The molecule has 1 atom stereocenters. The van der Waals surface area contributed by atoms with Gasteiger partial charge >= 0.3 is 0 Å². The van der Waals surface area contributed by atoms with Crippen LogP contribution in [0.3, 0.4) is 0 Å². The predicted octanol–water partition coefficient (Wildman–Crippen LogP) is 3.37. The number of hydrogen-bond acceptors (Lipinski definition) is 3. The molecule has 6 nitrogen and oxygen atoms in total. The lowest BCUT2D eigenvalue weighted by Crippen LogP contribution is -2.36. The maximum atomic E-state index is 13.1. The van der Waals surface area contributed by atoms with Crippen molar-refractivity contribution < 1.29 is 4.79 Å². The molecule has 0 spiro atoms. The number of hydrogen-bond donors (Lipinski definition) is 1. The summed E-state index contributed by atoms with van der Waals surface area (Å²) in [6, 6.07) is 9.76. The number of carbonyl (C=O) groups excluding carboxylic acids is 1. The van der Waals surface area contributed by atoms with Crippen molar-refractivity contribution in [2.24, 2.45) is 0 Å². The van der Waals surface area contributed by atoms with Crippen molar-refractivity contribution in [3.05, 3.63) is 70.8 Å². The molecule has 3 heterocycles. The van der Waals surface area contributed by atoms with E-state index in [2.05, 4.69) is 29.1 Å². The number of aromatic nitrogens is 4. The van der Waals surface area contributed by atoms with Crippen LogP contribution in [0, 0.1) is 0 Å². The van der Waals surface area contributed by atoms with Gasteiger partial charge in [0, 0.05) is 54.6 Å². The Bertz CT molecular complexity index is 928. The zero-order valence-electron chi connectivity index (χ0n) is 15.9. The monoisotopic (exact) mass is 363 g/mol. The number of nitrogens with one attached hydrogen (secondary N) is 1. The minimum Gasteiger partial charge on any atom is -0.334 e. The van der Waals surface area contributed by atoms with Gasteiger partial charge in [-0.1, -0.05) is 26.0 Å². The Hall–Kier alpha value is -2.89. The summed E-state index contributed by atoms with van der Waals surface area (Å²) in [4.78, 5) is 15.1. The Balaban J connectivity index is 1.53. The summed E-state index contributed by atoms with van der Waals surface area (Å²) in [5.41, 5.74) is 5.30. The van der Waals surface area contributed by atoms with Gasteiger partial charge in [0.25, 0.3) is 5.91 Å². The van der Waals surface area contributed by atoms with Crippen LogP contribution in [0.1, 0.15) is 59.1 Å². The molecule has 0 aliphatic carbocycles. The fraction of sp³-hybridized carbons (Fsp3) is 0.381. The fourth-order valence-electron chi connectivity index (χ4n) is 3.66. The van der Waals surface area contributed by atoms with Crippen molar-refractivity contribution in [3.63, 3.8) is 0 Å². The highest BCUT2D eigenvalue weighted by Gasteiger charge is 2.27. The van der Waals surface area contributed by atoms with Gasteiger partial charge in [-0.3, -0.25) is 14.6 Å². The molecule has 27 heavy (non-hydrogen) atoms. The van der Waals surface area contributed by atoms with Crippen LogP contribution < -0.4 is 0 Å². The van der Waals surface area contributed by atoms with Crippen LogP contribution in [0.4, 0.5) is 0 Å².